The quantitative estimate of drug-likeness (QED) is 0.622. The first-order valence-electron chi connectivity index (χ1n) is 5.00. The van der Waals surface area contributed by atoms with Gasteiger partial charge in [0.25, 0.3) is 0 Å². The minimum absolute atomic E-state index is 0.0638. The zero-order valence-corrected chi connectivity index (χ0v) is 9.79. The Morgan fingerprint density at radius 2 is 2.13 bits per heavy atom. The standard InChI is InChI=1S/C10H16N2O2S/c1-7(2)3-4-8(11)9-5-6-10(15-9)12(13)14/h5-8H,3-4,11H2,1-2H3/t8-/m0/s1. The van der Waals surface area contributed by atoms with E-state index in [1.807, 2.05) is 0 Å². The molecule has 1 heterocycles. The second kappa shape index (κ2) is 5.23. The summed E-state index contributed by atoms with van der Waals surface area (Å²) in [6, 6.07) is 3.22. The molecule has 15 heavy (non-hydrogen) atoms. The Morgan fingerprint density at radius 3 is 2.60 bits per heavy atom. The normalized spacial score (nSPS) is 13.1. The molecule has 2 N–H and O–H groups in total. The molecule has 1 rings (SSSR count). The van der Waals surface area contributed by atoms with Gasteiger partial charge in [-0.25, -0.2) is 0 Å². The van der Waals surface area contributed by atoms with Gasteiger partial charge in [-0.1, -0.05) is 25.2 Å². The molecule has 0 bridgehead atoms. The highest BCUT2D eigenvalue weighted by Crippen LogP contribution is 2.30. The molecular formula is C10H16N2O2S. The van der Waals surface area contributed by atoms with Crippen molar-refractivity contribution in [2.45, 2.75) is 32.7 Å². The van der Waals surface area contributed by atoms with Crippen molar-refractivity contribution in [3.05, 3.63) is 27.1 Å². The van der Waals surface area contributed by atoms with E-state index in [1.54, 1.807) is 6.07 Å². The zero-order valence-electron chi connectivity index (χ0n) is 8.97. The molecule has 0 aliphatic heterocycles. The van der Waals surface area contributed by atoms with Crippen molar-refractivity contribution in [1.29, 1.82) is 0 Å². The molecule has 4 nitrogen and oxygen atoms in total. The molecule has 0 aliphatic carbocycles. The molecule has 0 aromatic carbocycles. The average Bonchev–Trinajstić information content (AvgIpc) is 2.62. The fourth-order valence-electron chi connectivity index (χ4n) is 1.29. The first-order chi connectivity index (χ1) is 7.00. The molecule has 5 heteroatoms. The number of nitrogens with two attached hydrogens (primary N) is 1. The van der Waals surface area contributed by atoms with Crippen molar-refractivity contribution in [2.75, 3.05) is 0 Å². The van der Waals surface area contributed by atoms with Crippen LogP contribution >= 0.6 is 11.3 Å². The van der Waals surface area contributed by atoms with Crippen LogP contribution < -0.4 is 5.73 Å². The Morgan fingerprint density at radius 1 is 1.47 bits per heavy atom. The number of rotatable bonds is 5. The summed E-state index contributed by atoms with van der Waals surface area (Å²) >= 11 is 1.18. The number of nitro groups is 1. The van der Waals surface area contributed by atoms with Crippen molar-refractivity contribution in [2.24, 2.45) is 11.7 Å². The molecule has 84 valence electrons. The van der Waals surface area contributed by atoms with Gasteiger partial charge in [0.05, 0.1) is 4.92 Å². The van der Waals surface area contributed by atoms with Gasteiger partial charge in [0.1, 0.15) is 0 Å². The molecule has 0 amide bonds. The lowest BCUT2D eigenvalue weighted by molar-refractivity contribution is -0.380. The fraction of sp³-hybridized carbons (Fsp3) is 0.600. The van der Waals surface area contributed by atoms with E-state index in [1.165, 1.54) is 17.4 Å². The van der Waals surface area contributed by atoms with E-state index in [-0.39, 0.29) is 16.0 Å². The highest BCUT2D eigenvalue weighted by atomic mass is 32.1. The van der Waals surface area contributed by atoms with E-state index in [2.05, 4.69) is 13.8 Å². The van der Waals surface area contributed by atoms with Gasteiger partial charge in [0.15, 0.2) is 0 Å². The predicted octanol–water partition coefficient (Wildman–Crippen LogP) is 3.09. The van der Waals surface area contributed by atoms with Crippen molar-refractivity contribution >= 4 is 16.3 Å². The number of hydrogen-bond donors (Lipinski definition) is 1. The second-order valence-electron chi connectivity index (χ2n) is 4.01. The summed E-state index contributed by atoms with van der Waals surface area (Å²) in [5.41, 5.74) is 5.94. The van der Waals surface area contributed by atoms with Gasteiger partial charge < -0.3 is 5.73 Å². The SMILES string of the molecule is CC(C)CC[C@H](N)c1ccc([N+](=O)[O-])s1. The van der Waals surface area contributed by atoms with Crippen molar-refractivity contribution in [1.82, 2.24) is 0 Å². The van der Waals surface area contributed by atoms with Crippen LogP contribution in [0, 0.1) is 16.0 Å². The minimum Gasteiger partial charge on any atom is -0.323 e. The summed E-state index contributed by atoms with van der Waals surface area (Å²) in [7, 11) is 0. The topological polar surface area (TPSA) is 69.2 Å². The molecule has 0 saturated heterocycles. The van der Waals surface area contributed by atoms with Crippen LogP contribution in [-0.4, -0.2) is 4.92 Å². The summed E-state index contributed by atoms with van der Waals surface area (Å²) in [5.74, 6) is 0.617. The molecule has 0 spiro atoms. The molecule has 0 unspecified atom stereocenters. The number of hydrogen-bond acceptors (Lipinski definition) is 4. The maximum Gasteiger partial charge on any atom is 0.324 e. The molecule has 1 aromatic heterocycles. The van der Waals surface area contributed by atoms with Gasteiger partial charge in [-0.15, -0.1) is 0 Å². The Hall–Kier alpha value is -0.940. The molecular weight excluding hydrogens is 212 g/mol. The molecule has 0 radical (unpaired) electrons. The van der Waals surface area contributed by atoms with Crippen molar-refractivity contribution in [3.8, 4) is 0 Å². The molecule has 1 aromatic rings. The Labute approximate surface area is 93.3 Å². The van der Waals surface area contributed by atoms with Gasteiger partial charge in [0, 0.05) is 17.0 Å². The third-order valence-corrected chi connectivity index (χ3v) is 3.38. The second-order valence-corrected chi connectivity index (χ2v) is 5.10. The lowest BCUT2D eigenvalue weighted by atomic mass is 10.0. The first kappa shape index (κ1) is 12.1. The summed E-state index contributed by atoms with van der Waals surface area (Å²) in [6.07, 6.45) is 1.93. The summed E-state index contributed by atoms with van der Waals surface area (Å²) < 4.78 is 0. The van der Waals surface area contributed by atoms with E-state index in [0.29, 0.717) is 5.92 Å². The molecule has 1 atom stereocenters. The summed E-state index contributed by atoms with van der Waals surface area (Å²) in [6.45, 7) is 4.28. The van der Waals surface area contributed by atoms with Crippen LogP contribution in [0.1, 0.15) is 37.6 Å². The summed E-state index contributed by atoms with van der Waals surface area (Å²) in [5, 5.41) is 10.6. The van der Waals surface area contributed by atoms with Crippen molar-refractivity contribution in [3.63, 3.8) is 0 Å². The van der Waals surface area contributed by atoms with E-state index >= 15 is 0 Å². The van der Waals surface area contributed by atoms with Crippen LogP contribution in [0.4, 0.5) is 5.00 Å². The zero-order chi connectivity index (χ0) is 11.4. The van der Waals surface area contributed by atoms with Crippen LogP contribution in [0.3, 0.4) is 0 Å². The highest BCUT2D eigenvalue weighted by molar-refractivity contribution is 7.15. The highest BCUT2D eigenvalue weighted by Gasteiger charge is 2.14. The average molecular weight is 228 g/mol. The monoisotopic (exact) mass is 228 g/mol. The Kier molecular flexibility index (Phi) is 4.23. The maximum absolute atomic E-state index is 10.5. The third-order valence-electron chi connectivity index (χ3n) is 2.21. The van der Waals surface area contributed by atoms with Gasteiger partial charge >= 0.3 is 5.00 Å². The van der Waals surface area contributed by atoms with Crippen molar-refractivity contribution < 1.29 is 4.92 Å². The van der Waals surface area contributed by atoms with Crippen LogP contribution in [0.15, 0.2) is 12.1 Å². The largest absolute Gasteiger partial charge is 0.324 e. The van der Waals surface area contributed by atoms with Crippen LogP contribution in [-0.2, 0) is 0 Å². The smallest absolute Gasteiger partial charge is 0.323 e. The minimum atomic E-state index is -0.372. The number of thiophene rings is 1. The van der Waals surface area contributed by atoms with E-state index in [0.717, 1.165) is 17.7 Å². The van der Waals surface area contributed by atoms with Crippen LogP contribution in [0.25, 0.3) is 0 Å². The van der Waals surface area contributed by atoms with Gasteiger partial charge in [0.2, 0.25) is 0 Å². The lowest BCUT2D eigenvalue weighted by Crippen LogP contribution is -2.09. The van der Waals surface area contributed by atoms with Crippen LogP contribution in [0.2, 0.25) is 0 Å². The van der Waals surface area contributed by atoms with Gasteiger partial charge in [-0.2, -0.15) is 0 Å². The third kappa shape index (κ3) is 3.60. The van der Waals surface area contributed by atoms with Gasteiger partial charge in [-0.3, -0.25) is 10.1 Å². The fourth-order valence-corrected chi connectivity index (χ4v) is 2.15. The predicted molar refractivity (Wildman–Crippen MR) is 62.0 cm³/mol. The van der Waals surface area contributed by atoms with E-state index in [9.17, 15) is 10.1 Å². The molecule has 0 saturated carbocycles. The van der Waals surface area contributed by atoms with Crippen LogP contribution in [0.5, 0.6) is 0 Å². The van der Waals surface area contributed by atoms with E-state index < -0.39 is 0 Å². The van der Waals surface area contributed by atoms with Gasteiger partial charge in [-0.05, 0) is 24.8 Å². The molecule has 0 fully saturated rings. The first-order valence-corrected chi connectivity index (χ1v) is 5.82. The molecule has 0 aliphatic rings. The number of nitrogens with zero attached hydrogens (tertiary/aromatic N) is 1. The lowest BCUT2D eigenvalue weighted by Gasteiger charge is -2.10. The Balaban J connectivity index is 2.58. The Bertz CT molecular complexity index is 336. The summed E-state index contributed by atoms with van der Waals surface area (Å²) in [4.78, 5) is 11.0. The maximum atomic E-state index is 10.5. The van der Waals surface area contributed by atoms with E-state index in [4.69, 9.17) is 5.73 Å².